The summed E-state index contributed by atoms with van der Waals surface area (Å²) in [5.74, 6) is -8.73. The molecule has 0 unspecified atom stereocenters. The van der Waals surface area contributed by atoms with Gasteiger partial charge in [-0.05, 0) is 34.9 Å². The summed E-state index contributed by atoms with van der Waals surface area (Å²) >= 11 is 6.34. The lowest BCUT2D eigenvalue weighted by Crippen LogP contribution is -2.62. The molecule has 0 bridgehead atoms. The normalized spacial score (nSPS) is 28.6. The molecule has 2 aromatic carbocycles. The van der Waals surface area contributed by atoms with E-state index in [0.717, 1.165) is 0 Å². The first-order valence-electron chi connectivity index (χ1n) is 10.9. The summed E-state index contributed by atoms with van der Waals surface area (Å²) in [6.45, 7) is 0. The number of amides is 1. The van der Waals surface area contributed by atoms with Crippen molar-refractivity contribution in [3.8, 4) is 5.75 Å². The van der Waals surface area contributed by atoms with Crippen molar-refractivity contribution in [3.63, 3.8) is 0 Å². The van der Waals surface area contributed by atoms with Crippen molar-refractivity contribution in [3.05, 3.63) is 86.8 Å². The van der Waals surface area contributed by atoms with E-state index < -0.39 is 75.8 Å². The van der Waals surface area contributed by atoms with E-state index in [9.17, 15) is 39.9 Å². The summed E-state index contributed by atoms with van der Waals surface area (Å²) in [5.41, 5.74) is 1.68. The molecule has 9 nitrogen and oxygen atoms in total. The first-order valence-corrected chi connectivity index (χ1v) is 11.3. The van der Waals surface area contributed by atoms with Gasteiger partial charge in [-0.3, -0.25) is 14.4 Å². The van der Waals surface area contributed by atoms with Crippen LogP contribution >= 0.6 is 11.6 Å². The van der Waals surface area contributed by atoms with Crippen molar-refractivity contribution < 1.29 is 39.9 Å². The van der Waals surface area contributed by atoms with E-state index in [2.05, 4.69) is 0 Å². The number of aliphatic hydroxyl groups is 4. The van der Waals surface area contributed by atoms with E-state index >= 15 is 0 Å². The molecule has 3 aliphatic carbocycles. The van der Waals surface area contributed by atoms with Gasteiger partial charge < -0.3 is 31.3 Å². The standard InChI is InChI=1S/C26H20ClNO8/c27-14-6-2-1-4-10(14)8-12-11-5-3-7-15(29)17(11)22(32)20-18(12)21(31)13-9-16(30)19(25(28)35)23(33)26(13,36)24(20)34/h1-8,13,18,21,29-31,34,36H,9H2,(H2,28,35)/b12-8+/t13-,18-,21-,26-/m1/s1. The van der Waals surface area contributed by atoms with E-state index in [0.29, 0.717) is 10.6 Å². The lowest BCUT2D eigenvalue weighted by atomic mass is 9.57. The van der Waals surface area contributed by atoms with Crippen LogP contribution in [0.15, 0.2) is 65.1 Å². The molecule has 3 aliphatic rings. The maximum atomic E-state index is 13.6. The van der Waals surface area contributed by atoms with Gasteiger partial charge in [0.2, 0.25) is 5.78 Å². The molecule has 5 rings (SSSR count). The first kappa shape index (κ1) is 23.8. The minimum absolute atomic E-state index is 0.209. The van der Waals surface area contributed by atoms with Gasteiger partial charge in [0.15, 0.2) is 11.4 Å². The van der Waals surface area contributed by atoms with Gasteiger partial charge in [-0.15, -0.1) is 0 Å². The number of phenolic OH excluding ortho intramolecular Hbond substituents is 1. The van der Waals surface area contributed by atoms with Crippen LogP contribution in [0, 0.1) is 11.8 Å². The molecule has 0 radical (unpaired) electrons. The molecule has 0 saturated carbocycles. The van der Waals surface area contributed by atoms with Crippen molar-refractivity contribution in [1.29, 1.82) is 0 Å². The number of allylic oxidation sites excluding steroid dienone is 1. The third-order valence-electron chi connectivity index (χ3n) is 7.12. The average Bonchev–Trinajstić information content (AvgIpc) is 2.82. The summed E-state index contributed by atoms with van der Waals surface area (Å²) in [5, 5.41) is 55.4. The van der Waals surface area contributed by atoms with Gasteiger partial charge in [0.25, 0.3) is 5.91 Å². The number of primary amides is 1. The molecular weight excluding hydrogens is 490 g/mol. The highest BCUT2D eigenvalue weighted by Crippen LogP contribution is 2.55. The largest absolute Gasteiger partial charge is 0.511 e. The Hall–Kier alpha value is -3.92. The molecule has 0 heterocycles. The van der Waals surface area contributed by atoms with Crippen molar-refractivity contribution >= 4 is 40.7 Å². The molecule has 184 valence electrons. The molecule has 7 N–H and O–H groups in total. The predicted molar refractivity (Wildman–Crippen MR) is 128 cm³/mol. The second kappa shape index (κ2) is 8.06. The van der Waals surface area contributed by atoms with E-state index in [1.807, 2.05) is 0 Å². The molecule has 0 spiro atoms. The van der Waals surface area contributed by atoms with Gasteiger partial charge in [0.1, 0.15) is 22.8 Å². The highest BCUT2D eigenvalue weighted by atomic mass is 35.5. The van der Waals surface area contributed by atoms with Gasteiger partial charge in [0.05, 0.1) is 17.2 Å². The quantitative estimate of drug-likeness (QED) is 0.333. The zero-order valence-electron chi connectivity index (χ0n) is 18.5. The molecule has 0 fully saturated rings. The van der Waals surface area contributed by atoms with E-state index in [-0.39, 0.29) is 16.7 Å². The van der Waals surface area contributed by atoms with Crippen LogP contribution in [-0.2, 0) is 9.59 Å². The van der Waals surface area contributed by atoms with Crippen LogP contribution in [0.4, 0.5) is 0 Å². The molecule has 0 aromatic heterocycles. The van der Waals surface area contributed by atoms with Crippen molar-refractivity contribution in [2.75, 3.05) is 0 Å². The minimum Gasteiger partial charge on any atom is -0.511 e. The average molecular weight is 510 g/mol. The molecule has 1 amide bonds. The van der Waals surface area contributed by atoms with Crippen LogP contribution < -0.4 is 5.73 Å². The van der Waals surface area contributed by atoms with Crippen molar-refractivity contribution in [2.45, 2.75) is 18.1 Å². The summed E-state index contributed by atoms with van der Waals surface area (Å²) in [6, 6.07) is 11.0. The molecule has 10 heteroatoms. The number of aromatic hydroxyl groups is 1. The third kappa shape index (κ3) is 3.07. The minimum atomic E-state index is -2.91. The number of hydrogen-bond acceptors (Lipinski definition) is 8. The van der Waals surface area contributed by atoms with Crippen molar-refractivity contribution in [2.24, 2.45) is 17.6 Å². The maximum absolute atomic E-state index is 13.6. The Morgan fingerprint density at radius 3 is 2.44 bits per heavy atom. The summed E-state index contributed by atoms with van der Waals surface area (Å²) in [6.07, 6.45) is -0.682. The Kier molecular flexibility index (Phi) is 5.33. The maximum Gasteiger partial charge on any atom is 0.255 e. The SMILES string of the molecule is NC(=O)C1=C(O)C[C@@H]2[C@@H](O)[C@H]3C(=C(O)[C@]2(O)C1=O)C(=O)c1c(O)cccc1/C3=C\c1ccccc1Cl. The van der Waals surface area contributed by atoms with E-state index in [1.54, 1.807) is 36.4 Å². The fourth-order valence-electron chi connectivity index (χ4n) is 5.45. The number of nitrogens with two attached hydrogens (primary N) is 1. The Labute approximate surface area is 209 Å². The monoisotopic (exact) mass is 509 g/mol. The van der Waals surface area contributed by atoms with Gasteiger partial charge in [-0.25, -0.2) is 0 Å². The Bertz CT molecular complexity index is 1470. The zero-order valence-corrected chi connectivity index (χ0v) is 19.2. The predicted octanol–water partition coefficient (Wildman–Crippen LogP) is 2.20. The Morgan fingerprint density at radius 1 is 1.08 bits per heavy atom. The number of Topliss-reactive ketones (excluding diaryl/α,β-unsaturated/α-hetero) is 2. The van der Waals surface area contributed by atoms with Gasteiger partial charge >= 0.3 is 0 Å². The van der Waals surface area contributed by atoms with Crippen LogP contribution in [0.3, 0.4) is 0 Å². The van der Waals surface area contributed by atoms with Crippen LogP contribution in [0.2, 0.25) is 5.02 Å². The molecule has 2 aromatic rings. The molecule has 0 saturated heterocycles. The van der Waals surface area contributed by atoms with Crippen LogP contribution in [0.1, 0.15) is 27.9 Å². The van der Waals surface area contributed by atoms with Gasteiger partial charge in [-0.2, -0.15) is 0 Å². The number of phenols is 1. The number of halogens is 1. The van der Waals surface area contributed by atoms with E-state index in [4.69, 9.17) is 17.3 Å². The van der Waals surface area contributed by atoms with E-state index in [1.165, 1.54) is 12.1 Å². The number of aliphatic hydroxyl groups excluding tert-OH is 3. The fraction of sp³-hybridized carbons (Fsp3) is 0.192. The number of carbonyl (C=O) groups is 3. The van der Waals surface area contributed by atoms with Crippen LogP contribution in [0.5, 0.6) is 5.75 Å². The highest BCUT2D eigenvalue weighted by molar-refractivity contribution is 6.32. The Balaban J connectivity index is 1.84. The Morgan fingerprint density at radius 2 is 1.78 bits per heavy atom. The molecule has 0 aliphatic heterocycles. The second-order valence-electron chi connectivity index (χ2n) is 8.97. The van der Waals surface area contributed by atoms with Crippen molar-refractivity contribution in [1.82, 2.24) is 0 Å². The molecular formula is C26H20ClNO8. The summed E-state index contributed by atoms with van der Waals surface area (Å²) < 4.78 is 0. The highest BCUT2D eigenvalue weighted by Gasteiger charge is 2.63. The molecule has 36 heavy (non-hydrogen) atoms. The molecule has 4 atom stereocenters. The topological polar surface area (TPSA) is 178 Å². The number of ketones is 2. The van der Waals surface area contributed by atoms with Crippen LogP contribution in [-0.4, -0.2) is 54.7 Å². The second-order valence-corrected chi connectivity index (χ2v) is 9.38. The number of rotatable bonds is 2. The van der Waals surface area contributed by atoms with Gasteiger partial charge in [0, 0.05) is 23.3 Å². The first-order chi connectivity index (χ1) is 17.0. The number of carbonyl (C=O) groups excluding carboxylic acids is 3. The lowest BCUT2D eigenvalue weighted by Gasteiger charge is -2.49. The summed E-state index contributed by atoms with van der Waals surface area (Å²) in [4.78, 5) is 38.5. The zero-order chi connectivity index (χ0) is 26.1. The fourth-order valence-corrected chi connectivity index (χ4v) is 5.64. The third-order valence-corrected chi connectivity index (χ3v) is 7.46. The number of benzene rings is 2. The smallest absolute Gasteiger partial charge is 0.255 e. The van der Waals surface area contributed by atoms with Gasteiger partial charge in [-0.1, -0.05) is 41.9 Å². The number of hydrogen-bond donors (Lipinski definition) is 6. The number of fused-ring (bicyclic) bond motifs is 3. The summed E-state index contributed by atoms with van der Waals surface area (Å²) in [7, 11) is 0. The van der Waals surface area contributed by atoms with Crippen LogP contribution in [0.25, 0.3) is 11.6 Å². The lowest BCUT2D eigenvalue weighted by molar-refractivity contribution is -0.152.